The summed E-state index contributed by atoms with van der Waals surface area (Å²) in [7, 11) is -27.3. The Balaban J connectivity index is 0.00000425. The Bertz CT molecular complexity index is 4090. The van der Waals surface area contributed by atoms with Gasteiger partial charge in [0.25, 0.3) is 0 Å². The van der Waals surface area contributed by atoms with Crippen LogP contribution in [0, 0.1) is 0 Å². The minimum Gasteiger partial charge on any atom is -0.418 e. The molecule has 138 heavy (non-hydrogen) atoms. The third kappa shape index (κ3) is 25.2. The Kier molecular flexibility index (Phi) is 38.9. The summed E-state index contributed by atoms with van der Waals surface area (Å²) in [5.74, 6) is -156. The number of alkyl halides is 52. The summed E-state index contributed by atoms with van der Waals surface area (Å²) in [5.41, 5.74) is 0. The summed E-state index contributed by atoms with van der Waals surface area (Å²) in [6, 6.07) is 9.41. The van der Waals surface area contributed by atoms with Crippen molar-refractivity contribution in [3.8, 4) is 0 Å². The van der Waals surface area contributed by atoms with E-state index in [1.165, 1.54) is 25.7 Å². The van der Waals surface area contributed by atoms with E-state index in [9.17, 15) is 210 Å². The van der Waals surface area contributed by atoms with Gasteiger partial charge in [-0.2, -0.15) is 228 Å². The molecule has 0 nitrogen and oxygen atoms in total. The van der Waals surface area contributed by atoms with Crippen LogP contribution in [0.1, 0.15) is 51.4 Å². The molecule has 0 atom stereocenters. The van der Waals surface area contributed by atoms with E-state index in [2.05, 4.69) is 24.3 Å². The average Bonchev–Trinajstić information content (AvgIpc) is 0.721. The Labute approximate surface area is 764 Å². The topological polar surface area (TPSA) is 0 Å². The Hall–Kier alpha value is -5.14. The molecule has 64 heteroatoms. The van der Waals surface area contributed by atoms with E-state index in [0.29, 0.717) is 0 Å². The van der Waals surface area contributed by atoms with Gasteiger partial charge in [0.1, 0.15) is 0 Å². The Morgan fingerprint density at radius 1 is 0.203 bits per heavy atom. The first-order chi connectivity index (χ1) is 60.2. The minimum absolute atomic E-state index is 0. The second-order valence-electron chi connectivity index (χ2n) is 33.6. The number of hydrogen-bond acceptors (Lipinski definition) is 0. The molecule has 0 saturated heterocycles. The molecule has 0 bridgehead atoms. The maximum Gasteiger partial charge on any atom is 0.673 e. The van der Waals surface area contributed by atoms with Crippen molar-refractivity contribution in [1.29, 1.82) is 0 Å². The predicted molar refractivity (Wildman–Crippen MR) is 404 cm³/mol. The summed E-state index contributed by atoms with van der Waals surface area (Å²) < 4.78 is 771. The van der Waals surface area contributed by atoms with Gasteiger partial charge in [0.15, 0.2) is 0 Å². The van der Waals surface area contributed by atoms with E-state index >= 15 is 35.1 Å². The molecule has 799 valence electrons. The first kappa shape index (κ1) is 129. The summed E-state index contributed by atoms with van der Waals surface area (Å²) >= 11 is 0. The molecular weight excluding hydrogens is 2240 g/mol. The van der Waals surface area contributed by atoms with Crippen LogP contribution in [-0.4, -0.2) is 195 Å². The number of rotatable bonds is 39. The normalized spacial score (nSPS) is 16.3. The van der Waals surface area contributed by atoms with Crippen molar-refractivity contribution < 1.29 is 265 Å². The van der Waals surface area contributed by atoms with Gasteiger partial charge in [-0.25, -0.2) is 0 Å². The van der Waals surface area contributed by atoms with Crippen molar-refractivity contribution in [2.45, 2.75) is 271 Å². The van der Waals surface area contributed by atoms with Gasteiger partial charge in [-0.3, -0.25) is 0 Å². The smallest absolute Gasteiger partial charge is 0.418 e. The van der Waals surface area contributed by atoms with E-state index in [-0.39, 0.29) is 61.4 Å². The Morgan fingerprint density at radius 3 is 0.435 bits per heavy atom. The summed E-state index contributed by atoms with van der Waals surface area (Å²) in [6.45, 7) is 7.47. The van der Waals surface area contributed by atoms with E-state index in [4.69, 9.17) is 0 Å². The summed E-state index contributed by atoms with van der Waals surface area (Å²) in [5, 5.41) is -1.49. The van der Waals surface area contributed by atoms with Crippen molar-refractivity contribution in [2.75, 3.05) is 12.3 Å². The predicted octanol–water partition coefficient (Wildman–Crippen LogP) is 29.4. The van der Waals surface area contributed by atoms with Crippen LogP contribution < -0.4 is 42.0 Å². The zero-order chi connectivity index (χ0) is 108. The first-order valence-corrected chi connectivity index (χ1v) is 54.0. The average molecular weight is 2310 g/mol. The molecule has 0 unspecified atom stereocenters. The molecule has 0 heterocycles. The third-order valence-corrected chi connectivity index (χ3v) is 40.9. The molecule has 4 aromatic rings. The quantitative estimate of drug-likeness (QED) is 0.0181. The third-order valence-electron chi connectivity index (χ3n) is 22.0. The monoisotopic (exact) mass is 2310 g/mol. The molecule has 0 spiro atoms. The van der Waals surface area contributed by atoms with Gasteiger partial charge in [0.05, 0.1) is 32.3 Å². The summed E-state index contributed by atoms with van der Waals surface area (Å²) in [4.78, 5) is 0. The fourth-order valence-electron chi connectivity index (χ4n) is 12.5. The number of allylic oxidation sites excluding steroid dienone is 4. The number of hydrogen-bond donors (Lipinski definition) is 0. The largest absolute Gasteiger partial charge is 0.673 e. The van der Waals surface area contributed by atoms with Crippen LogP contribution in [0.15, 0.2) is 121 Å². The standard InChI is InChI=1S/C66H60F52P2Si4.C8H12.BF4.Rh/c1-121(2,31-25-43(67,68)47(75,76)51(83,84)55(91,92)59(99,100)63(107,108)109)39-17-9-35(10-18-39)119(36-11-19-40(20-12-36)122(3,4)32-26-44(69,70)48(77,78)52(85,86)56(93,94)60(101,102)64(110,111)112)29-30-120(37-13-21-41(22-14-37)123(5,6)33-27-45(71,72)49(79,80)53(87,88)57(95,96)61(103,104)65(113,114)115)38-15-23-42(24-16-38)124(7,8)34-28-46(73,74)50(81,82)54(89,90)58(97,98)62(105,106)66(116,117)118;1-2-4-6-8-7-5-3-1;2-1(3,4)5;/h9-24H,25-34H2,1-8H3;1-2,7-8H,3-6H2;;/q;;-1;/b;2-1-,8-7-;;. The van der Waals surface area contributed by atoms with Gasteiger partial charge >= 0.3 is 150 Å². The van der Waals surface area contributed by atoms with Crippen LogP contribution in [0.4, 0.5) is 246 Å². The molecule has 0 amide bonds. The van der Waals surface area contributed by atoms with Crippen LogP contribution >= 0.6 is 15.8 Å². The van der Waals surface area contributed by atoms with Gasteiger partial charge in [0, 0.05) is 45.2 Å². The van der Waals surface area contributed by atoms with E-state index in [1.807, 2.05) is 0 Å². The molecule has 0 aromatic heterocycles. The van der Waals surface area contributed by atoms with E-state index in [1.54, 1.807) is 0 Å². The maximum absolute atomic E-state index is 15.2. The van der Waals surface area contributed by atoms with E-state index in [0.717, 1.165) is 149 Å². The van der Waals surface area contributed by atoms with Crippen molar-refractivity contribution in [1.82, 2.24) is 0 Å². The molecule has 0 N–H and O–H groups in total. The second-order valence-corrected chi connectivity index (χ2v) is 57.7. The zero-order valence-electron chi connectivity index (χ0n) is 70.4. The van der Waals surface area contributed by atoms with Crippen LogP contribution in [0.2, 0.25) is 76.6 Å². The van der Waals surface area contributed by atoms with Crippen LogP contribution in [0.25, 0.3) is 0 Å². The fraction of sp³-hybridized carbons (Fsp3) is 0.622. The Morgan fingerprint density at radius 2 is 0.319 bits per heavy atom. The molecule has 0 aliphatic heterocycles. The molecular formula is C74H72BF56P2RhSi4-. The molecule has 0 saturated carbocycles. The van der Waals surface area contributed by atoms with Crippen molar-refractivity contribution in [3.63, 3.8) is 0 Å². The fourth-order valence-corrected chi connectivity index (χ4v) is 27.0. The van der Waals surface area contributed by atoms with Gasteiger partial charge in [0.2, 0.25) is 0 Å². The number of benzene rings is 4. The SMILES string of the molecule is C1=C\CC/C=C\CC/1.C[Si](C)(CCC(F)(F)C(F)(F)C(F)(F)C(F)(F)C(F)(F)C(F)(F)F)c1ccc(P(CCP(c2ccc([Si](C)(C)CCC(F)(F)C(F)(F)C(F)(F)C(F)(F)C(F)(F)C(F)(F)F)cc2)c2ccc([Si](C)(C)CCC(F)(F)C(F)(F)C(F)(F)C(F)(F)C(F)(F)C(F)(F)F)cc2)c2ccc([Si](C)(C)CCC(F)(F)C(F)(F)C(F)(F)C(F)(F)C(F)(F)C(F)(F)F)cc2)cc1.F[B-](F)(F)F.[Rh]. The van der Waals surface area contributed by atoms with Gasteiger partial charge in [-0.1, -0.05) is 194 Å². The molecule has 5 rings (SSSR count). The van der Waals surface area contributed by atoms with Gasteiger partial charge < -0.3 is 17.3 Å². The maximum atomic E-state index is 15.2. The molecule has 1 aliphatic carbocycles. The van der Waals surface area contributed by atoms with Crippen LogP contribution in [0.3, 0.4) is 0 Å². The van der Waals surface area contributed by atoms with Crippen molar-refractivity contribution in [2.24, 2.45) is 0 Å². The second kappa shape index (κ2) is 41.6. The van der Waals surface area contributed by atoms with Crippen LogP contribution in [-0.2, 0) is 19.5 Å². The molecule has 1 radical (unpaired) electrons. The molecule has 4 aromatic carbocycles. The van der Waals surface area contributed by atoms with Crippen molar-refractivity contribution >= 4 is 97.4 Å². The van der Waals surface area contributed by atoms with Crippen molar-refractivity contribution in [3.05, 3.63) is 121 Å². The molecule has 1 aliphatic rings. The zero-order valence-corrected chi connectivity index (χ0v) is 77.8. The molecule has 0 fully saturated rings. The number of halogens is 56. The summed E-state index contributed by atoms with van der Waals surface area (Å²) in [6.07, 6.45) is -29.0. The minimum atomic E-state index is -8.31. The van der Waals surface area contributed by atoms with Crippen LogP contribution in [0.5, 0.6) is 0 Å². The first-order valence-electron chi connectivity index (χ1n) is 38.1. The van der Waals surface area contributed by atoms with Gasteiger partial charge in [-0.05, 0) is 99.2 Å². The van der Waals surface area contributed by atoms with Gasteiger partial charge in [-0.15, -0.1) is 0 Å². The van der Waals surface area contributed by atoms with E-state index < -0.39 is 261 Å².